The van der Waals surface area contributed by atoms with E-state index in [-0.39, 0.29) is 11.2 Å². The van der Waals surface area contributed by atoms with Crippen LogP contribution < -0.4 is 14.9 Å². The molecule has 1 aliphatic rings. The number of nitro groups is 1. The third-order valence-electron chi connectivity index (χ3n) is 2.84. The Hall–Kier alpha value is -2.28. The van der Waals surface area contributed by atoms with E-state index in [1.807, 2.05) is 0 Å². The number of non-ortho nitro benzene ring substituents is 1. The van der Waals surface area contributed by atoms with Gasteiger partial charge in [-0.25, -0.2) is 0 Å². The molecule has 7 heteroatoms. The largest absolute Gasteiger partial charge is 0.282 e. The summed E-state index contributed by atoms with van der Waals surface area (Å²) >= 11 is 1.32. The van der Waals surface area contributed by atoms with Crippen molar-refractivity contribution in [1.82, 2.24) is 4.57 Å². The molecule has 0 saturated heterocycles. The molecule has 6 nitrogen and oxygen atoms in total. The van der Waals surface area contributed by atoms with Crippen LogP contribution in [0.3, 0.4) is 0 Å². The highest BCUT2D eigenvalue weighted by Gasteiger charge is 2.10. The molecule has 0 unspecified atom stereocenters. The van der Waals surface area contributed by atoms with E-state index in [1.165, 1.54) is 23.5 Å². The zero-order valence-electron chi connectivity index (χ0n) is 9.78. The molecule has 2 heterocycles. The Balaban J connectivity index is 2.15. The van der Waals surface area contributed by atoms with Gasteiger partial charge in [-0.05, 0) is 11.6 Å². The fourth-order valence-electron chi connectivity index (χ4n) is 1.95. The molecular weight excluding hydrogens is 266 g/mol. The lowest BCUT2D eigenvalue weighted by atomic mass is 10.2. The number of nitrogens with zero attached hydrogens (tertiary/aromatic N) is 3. The van der Waals surface area contributed by atoms with E-state index in [0.717, 1.165) is 4.80 Å². The highest BCUT2D eigenvalue weighted by Crippen LogP contribution is 2.13. The normalized spacial score (nSPS) is 14.2. The van der Waals surface area contributed by atoms with Crippen LogP contribution in [-0.4, -0.2) is 16.0 Å². The smallest absolute Gasteiger partial charge is 0.270 e. The van der Waals surface area contributed by atoms with E-state index in [0.29, 0.717) is 23.2 Å². The number of fused-ring (bicyclic) bond motifs is 1. The summed E-state index contributed by atoms with van der Waals surface area (Å²) in [5.41, 5.74) is 0.585. The van der Waals surface area contributed by atoms with Gasteiger partial charge in [0.05, 0.1) is 16.0 Å². The molecule has 3 rings (SSSR count). The van der Waals surface area contributed by atoms with Crippen LogP contribution in [0.4, 0.5) is 5.69 Å². The molecule has 2 aromatic rings. The van der Waals surface area contributed by atoms with Crippen LogP contribution in [0.25, 0.3) is 6.08 Å². The van der Waals surface area contributed by atoms with Crippen molar-refractivity contribution in [2.45, 2.75) is 6.54 Å². The molecule has 96 valence electrons. The summed E-state index contributed by atoms with van der Waals surface area (Å²) in [6.07, 6.45) is 1.67. The van der Waals surface area contributed by atoms with Crippen molar-refractivity contribution in [2.24, 2.45) is 4.99 Å². The number of hydrogen-bond acceptors (Lipinski definition) is 5. The molecule has 19 heavy (non-hydrogen) atoms. The van der Waals surface area contributed by atoms with Gasteiger partial charge in [-0.1, -0.05) is 23.5 Å². The van der Waals surface area contributed by atoms with Crippen LogP contribution in [0.15, 0.2) is 34.1 Å². The molecule has 1 aliphatic heterocycles. The van der Waals surface area contributed by atoms with Crippen molar-refractivity contribution < 1.29 is 4.92 Å². The topological polar surface area (TPSA) is 77.5 Å². The Kier molecular flexibility index (Phi) is 2.75. The minimum Gasteiger partial charge on any atom is -0.282 e. The molecule has 0 saturated carbocycles. The predicted octanol–water partition coefficient (Wildman–Crippen LogP) is 0.280. The Morgan fingerprint density at radius 1 is 1.47 bits per heavy atom. The van der Waals surface area contributed by atoms with Gasteiger partial charge in [-0.2, -0.15) is 0 Å². The molecule has 0 radical (unpaired) electrons. The molecule has 0 bridgehead atoms. The maximum atomic E-state index is 12.0. The zero-order valence-corrected chi connectivity index (χ0v) is 10.6. The number of rotatable bonds is 2. The first-order valence-electron chi connectivity index (χ1n) is 5.65. The maximum absolute atomic E-state index is 12.0. The quantitative estimate of drug-likeness (QED) is 0.583. The van der Waals surface area contributed by atoms with Crippen LogP contribution in [0.2, 0.25) is 0 Å². The molecule has 0 aliphatic carbocycles. The number of hydrogen-bond donors (Lipinski definition) is 0. The molecule has 0 amide bonds. The summed E-state index contributed by atoms with van der Waals surface area (Å²) < 4.78 is 2.19. The van der Waals surface area contributed by atoms with Gasteiger partial charge in [0.2, 0.25) is 0 Å². The second kappa shape index (κ2) is 4.43. The second-order valence-electron chi connectivity index (χ2n) is 4.08. The monoisotopic (exact) mass is 275 g/mol. The molecule has 1 aromatic heterocycles. The van der Waals surface area contributed by atoms with Crippen LogP contribution in [-0.2, 0) is 6.54 Å². The fraction of sp³-hybridized carbons (Fsp3) is 0.167. The van der Waals surface area contributed by atoms with E-state index in [2.05, 4.69) is 4.99 Å². The summed E-state index contributed by atoms with van der Waals surface area (Å²) in [6.45, 7) is 1.27. The Bertz CT molecular complexity index is 835. The highest BCUT2D eigenvalue weighted by molar-refractivity contribution is 7.07. The second-order valence-corrected chi connectivity index (χ2v) is 5.09. The van der Waals surface area contributed by atoms with Gasteiger partial charge < -0.3 is 0 Å². The summed E-state index contributed by atoms with van der Waals surface area (Å²) in [4.78, 5) is 27.2. The number of aromatic nitrogens is 1. The average molecular weight is 275 g/mol. The number of benzene rings is 1. The van der Waals surface area contributed by atoms with E-state index in [4.69, 9.17) is 0 Å². The van der Waals surface area contributed by atoms with Crippen LogP contribution in [0.1, 0.15) is 5.56 Å². The number of thiazole rings is 1. The van der Waals surface area contributed by atoms with Gasteiger partial charge in [0.1, 0.15) is 0 Å². The minimum atomic E-state index is -0.450. The van der Waals surface area contributed by atoms with E-state index < -0.39 is 4.92 Å². The van der Waals surface area contributed by atoms with Crippen LogP contribution >= 0.6 is 11.3 Å². The Labute approximate surface area is 111 Å². The molecule has 0 spiro atoms. The molecule has 0 N–H and O–H groups in total. The summed E-state index contributed by atoms with van der Waals surface area (Å²) in [6, 6.07) is 6.21. The van der Waals surface area contributed by atoms with Crippen LogP contribution in [0.5, 0.6) is 0 Å². The predicted molar refractivity (Wildman–Crippen MR) is 70.9 cm³/mol. The highest BCUT2D eigenvalue weighted by atomic mass is 32.1. The van der Waals surface area contributed by atoms with Crippen molar-refractivity contribution >= 4 is 23.1 Å². The average Bonchev–Trinajstić information content (AvgIpc) is 2.95. The van der Waals surface area contributed by atoms with Gasteiger partial charge in [0.25, 0.3) is 11.2 Å². The van der Waals surface area contributed by atoms with Crippen molar-refractivity contribution in [3.05, 3.63) is 59.6 Å². The van der Waals surface area contributed by atoms with Crippen molar-refractivity contribution in [3.8, 4) is 0 Å². The zero-order chi connectivity index (χ0) is 13.4. The van der Waals surface area contributed by atoms with E-state index in [1.54, 1.807) is 22.8 Å². The first-order chi connectivity index (χ1) is 9.15. The lowest BCUT2D eigenvalue weighted by molar-refractivity contribution is -0.384. The van der Waals surface area contributed by atoms with Gasteiger partial charge in [0.15, 0.2) is 4.80 Å². The lowest BCUT2D eigenvalue weighted by Gasteiger charge is -1.93. The van der Waals surface area contributed by atoms with Crippen LogP contribution in [0, 0.1) is 10.1 Å². The molecular formula is C12H9N3O3S. The van der Waals surface area contributed by atoms with Gasteiger partial charge >= 0.3 is 0 Å². The molecule has 1 aromatic carbocycles. The summed E-state index contributed by atoms with van der Waals surface area (Å²) in [7, 11) is 0. The maximum Gasteiger partial charge on any atom is 0.270 e. The summed E-state index contributed by atoms with van der Waals surface area (Å²) in [5.74, 6) is 0. The van der Waals surface area contributed by atoms with Gasteiger partial charge in [0, 0.05) is 18.7 Å². The first-order valence-corrected chi connectivity index (χ1v) is 6.47. The van der Waals surface area contributed by atoms with E-state index in [9.17, 15) is 14.9 Å². The summed E-state index contributed by atoms with van der Waals surface area (Å²) in [5, 5.41) is 10.7. The van der Waals surface area contributed by atoms with Crippen molar-refractivity contribution in [1.29, 1.82) is 0 Å². The Morgan fingerprint density at radius 3 is 3.05 bits per heavy atom. The number of nitro benzene ring substituents is 1. The molecule has 0 atom stereocenters. The van der Waals surface area contributed by atoms with Crippen molar-refractivity contribution in [3.63, 3.8) is 0 Å². The minimum absolute atomic E-state index is 0.0163. The van der Waals surface area contributed by atoms with Gasteiger partial charge in [-0.3, -0.25) is 24.5 Å². The third kappa shape index (κ3) is 2.08. The van der Waals surface area contributed by atoms with Gasteiger partial charge in [-0.15, -0.1) is 0 Å². The lowest BCUT2D eigenvalue weighted by Crippen LogP contribution is -2.29. The fourth-order valence-corrected chi connectivity index (χ4v) is 2.98. The standard InChI is InChI=1S/C12H9N3O3S/c16-11-10(19-12-13-4-5-14(11)12)7-8-2-1-3-9(6-8)15(17)18/h1-3,6-7H,4-5H2. The van der Waals surface area contributed by atoms with E-state index >= 15 is 0 Å². The third-order valence-corrected chi connectivity index (χ3v) is 3.88. The van der Waals surface area contributed by atoms with Crippen molar-refractivity contribution in [2.75, 3.05) is 6.54 Å². The Morgan fingerprint density at radius 2 is 2.32 bits per heavy atom. The SMILES string of the molecule is O=c1c(=Cc2cccc([N+](=O)[O-])c2)sc2n1CCN=2. The first kappa shape index (κ1) is 11.8. The molecule has 0 fully saturated rings.